The minimum atomic E-state index is -4.32. The number of rotatable bonds is 8. The molecule has 0 fully saturated rings. The van der Waals surface area contributed by atoms with Crippen molar-refractivity contribution in [3.8, 4) is 11.5 Å². The van der Waals surface area contributed by atoms with Crippen molar-refractivity contribution in [3.63, 3.8) is 0 Å². The number of esters is 1. The van der Waals surface area contributed by atoms with E-state index in [1.54, 1.807) is 6.92 Å². The van der Waals surface area contributed by atoms with Crippen LogP contribution in [0, 0.1) is 17.5 Å². The molecular weight excluding hydrogens is 499 g/mol. The summed E-state index contributed by atoms with van der Waals surface area (Å²) < 4.78 is 81.9. The number of benzene rings is 2. The highest BCUT2D eigenvalue weighted by atomic mass is 32.2. The topological polar surface area (TPSA) is 90.7 Å². The maximum atomic E-state index is 14.8. The summed E-state index contributed by atoms with van der Waals surface area (Å²) in [5.41, 5.74) is 1.33. The lowest BCUT2D eigenvalue weighted by atomic mass is 9.93. The van der Waals surface area contributed by atoms with Crippen LogP contribution >= 0.6 is 0 Å². The quantitative estimate of drug-likeness (QED) is 0.408. The zero-order valence-electron chi connectivity index (χ0n) is 19.6. The van der Waals surface area contributed by atoms with Crippen molar-refractivity contribution in [2.45, 2.75) is 43.7 Å². The highest BCUT2D eigenvalue weighted by Gasteiger charge is 2.35. The molecule has 2 aromatic carbocycles. The number of nitrogens with zero attached hydrogens (tertiary/aromatic N) is 3. The van der Waals surface area contributed by atoms with Crippen LogP contribution in [0.25, 0.3) is 0 Å². The van der Waals surface area contributed by atoms with Gasteiger partial charge in [-0.1, -0.05) is 0 Å². The molecule has 0 saturated carbocycles. The van der Waals surface area contributed by atoms with Crippen LogP contribution in [-0.4, -0.2) is 42.1 Å². The maximum absolute atomic E-state index is 14.8. The lowest BCUT2D eigenvalue weighted by Crippen LogP contribution is -2.33. The second kappa shape index (κ2) is 10.3. The molecule has 0 bridgehead atoms. The van der Waals surface area contributed by atoms with E-state index in [2.05, 4.69) is 5.10 Å². The molecule has 3 aromatic rings. The van der Waals surface area contributed by atoms with Crippen molar-refractivity contribution >= 4 is 16.0 Å². The van der Waals surface area contributed by atoms with Gasteiger partial charge < -0.3 is 9.47 Å². The first-order chi connectivity index (χ1) is 17.1. The molecule has 0 radical (unpaired) electrons. The van der Waals surface area contributed by atoms with Crippen LogP contribution in [0.5, 0.6) is 11.5 Å². The third-order valence-electron chi connectivity index (χ3n) is 5.94. The molecular formula is C24H24F3N3O5S. The molecule has 0 saturated heterocycles. The average molecular weight is 524 g/mol. The lowest BCUT2D eigenvalue weighted by Gasteiger charge is -2.31. The fourth-order valence-electron chi connectivity index (χ4n) is 4.18. The number of hydrogen-bond acceptors (Lipinski definition) is 6. The molecule has 1 atom stereocenters. The van der Waals surface area contributed by atoms with Crippen molar-refractivity contribution in [1.82, 2.24) is 14.1 Å². The van der Waals surface area contributed by atoms with Gasteiger partial charge in [-0.05, 0) is 62.6 Å². The first-order valence-corrected chi connectivity index (χ1v) is 12.7. The van der Waals surface area contributed by atoms with E-state index in [9.17, 15) is 26.4 Å². The Balaban J connectivity index is 1.60. The van der Waals surface area contributed by atoms with Crippen molar-refractivity contribution < 1.29 is 35.9 Å². The highest BCUT2D eigenvalue weighted by molar-refractivity contribution is 7.89. The van der Waals surface area contributed by atoms with Crippen LogP contribution in [-0.2, 0) is 32.5 Å². The van der Waals surface area contributed by atoms with Crippen LogP contribution in [0.15, 0.2) is 47.5 Å². The fraction of sp³-hybridized carbons (Fsp3) is 0.333. The molecule has 1 aromatic heterocycles. The first kappa shape index (κ1) is 25.7. The molecule has 0 unspecified atom stereocenters. The van der Waals surface area contributed by atoms with E-state index >= 15 is 0 Å². The van der Waals surface area contributed by atoms with E-state index in [-0.39, 0.29) is 18.9 Å². The second-order valence-corrected chi connectivity index (χ2v) is 10.2. The summed E-state index contributed by atoms with van der Waals surface area (Å²) in [7, 11) is -2.99. The predicted molar refractivity (Wildman–Crippen MR) is 122 cm³/mol. The third-order valence-corrected chi connectivity index (χ3v) is 7.78. The van der Waals surface area contributed by atoms with Gasteiger partial charge in [0, 0.05) is 18.3 Å². The lowest BCUT2D eigenvalue weighted by molar-refractivity contribution is -0.144. The van der Waals surface area contributed by atoms with Gasteiger partial charge in [-0.2, -0.15) is 9.40 Å². The van der Waals surface area contributed by atoms with E-state index in [1.807, 2.05) is 0 Å². The molecule has 0 aliphatic heterocycles. The van der Waals surface area contributed by atoms with Crippen molar-refractivity contribution in [2.75, 3.05) is 13.7 Å². The zero-order chi connectivity index (χ0) is 26.0. The molecule has 192 valence electrons. The van der Waals surface area contributed by atoms with Crippen LogP contribution < -0.4 is 4.74 Å². The third kappa shape index (κ3) is 5.09. The minimum absolute atomic E-state index is 0.0171. The Morgan fingerprint density at radius 2 is 1.83 bits per heavy atom. The van der Waals surface area contributed by atoms with Gasteiger partial charge in [0.15, 0.2) is 17.4 Å². The Morgan fingerprint density at radius 3 is 2.47 bits per heavy atom. The van der Waals surface area contributed by atoms with Crippen molar-refractivity contribution in [2.24, 2.45) is 0 Å². The Hall–Kier alpha value is -3.38. The van der Waals surface area contributed by atoms with Gasteiger partial charge in [0.1, 0.15) is 18.1 Å². The smallest absolute Gasteiger partial charge is 0.327 e. The summed E-state index contributed by atoms with van der Waals surface area (Å²) in [6.45, 7) is 1.82. The summed E-state index contributed by atoms with van der Waals surface area (Å²) in [5.74, 6) is -4.28. The minimum Gasteiger partial charge on any atom is -0.465 e. The first-order valence-electron chi connectivity index (χ1n) is 11.2. The van der Waals surface area contributed by atoms with Gasteiger partial charge in [0.2, 0.25) is 10.0 Å². The van der Waals surface area contributed by atoms with E-state index in [0.717, 1.165) is 16.4 Å². The second-order valence-electron chi connectivity index (χ2n) is 8.21. The van der Waals surface area contributed by atoms with E-state index < -0.39 is 50.1 Å². The number of sulfonamides is 1. The van der Waals surface area contributed by atoms with Gasteiger partial charge in [-0.3, -0.25) is 9.48 Å². The summed E-state index contributed by atoms with van der Waals surface area (Å²) in [6, 6.07) is 5.23. The molecule has 1 aliphatic carbocycles. The van der Waals surface area contributed by atoms with Gasteiger partial charge in [0.05, 0.1) is 23.7 Å². The number of ether oxygens (including phenoxy) is 2. The number of carbonyl (C=O) groups is 1. The summed E-state index contributed by atoms with van der Waals surface area (Å²) in [6.07, 6.45) is 3.19. The largest absolute Gasteiger partial charge is 0.465 e. The zero-order valence-corrected chi connectivity index (χ0v) is 20.4. The van der Waals surface area contributed by atoms with Crippen LogP contribution in [0.3, 0.4) is 0 Å². The van der Waals surface area contributed by atoms with Gasteiger partial charge in [-0.25, -0.2) is 21.6 Å². The number of hydrogen-bond donors (Lipinski definition) is 0. The number of aromatic nitrogens is 2. The molecule has 1 heterocycles. The van der Waals surface area contributed by atoms with E-state index in [0.29, 0.717) is 42.7 Å². The maximum Gasteiger partial charge on any atom is 0.327 e. The van der Waals surface area contributed by atoms with Crippen LogP contribution in [0.2, 0.25) is 0 Å². The van der Waals surface area contributed by atoms with Crippen LogP contribution in [0.1, 0.15) is 37.1 Å². The standard InChI is InChI=1S/C24H24F3N3O5S/c1-3-34-23(31)14-30-22-6-4-5-21(18(22)13-28-30)29(2)36(32,33)17-11-19(26)24(20(27)12-17)35-16-9-7-15(25)8-10-16/h7-13,21H,3-6,14H2,1-2H3/t21-/m1/s1. The normalized spacial score (nSPS) is 15.6. The molecule has 8 nitrogen and oxygen atoms in total. The van der Waals surface area contributed by atoms with E-state index in [1.165, 1.54) is 30.1 Å². The monoisotopic (exact) mass is 523 g/mol. The fourth-order valence-corrected chi connectivity index (χ4v) is 5.57. The number of fused-ring (bicyclic) bond motifs is 1. The predicted octanol–water partition coefficient (Wildman–Crippen LogP) is 4.35. The Bertz CT molecular complexity index is 1350. The van der Waals surface area contributed by atoms with Crippen LogP contribution in [0.4, 0.5) is 13.2 Å². The van der Waals surface area contributed by atoms with E-state index in [4.69, 9.17) is 9.47 Å². The molecule has 0 N–H and O–H groups in total. The van der Waals surface area contributed by atoms with Crippen molar-refractivity contribution in [3.05, 3.63) is 71.3 Å². The SMILES string of the molecule is CCOC(=O)Cn1ncc2c1CCC[C@H]2N(C)S(=O)(=O)c1cc(F)c(Oc2ccc(F)cc2)c(F)c1. The summed E-state index contributed by atoms with van der Waals surface area (Å²) in [5, 5.41) is 4.23. The highest BCUT2D eigenvalue weighted by Crippen LogP contribution is 2.38. The van der Waals surface area contributed by atoms with Crippen molar-refractivity contribution in [1.29, 1.82) is 0 Å². The number of carbonyl (C=O) groups excluding carboxylic acids is 1. The molecule has 36 heavy (non-hydrogen) atoms. The molecule has 0 amide bonds. The Labute approximate surface area is 206 Å². The number of halogens is 3. The Kier molecular flexibility index (Phi) is 7.36. The molecule has 12 heteroatoms. The summed E-state index contributed by atoms with van der Waals surface area (Å²) in [4.78, 5) is 11.3. The summed E-state index contributed by atoms with van der Waals surface area (Å²) >= 11 is 0. The molecule has 4 rings (SSSR count). The molecule has 1 aliphatic rings. The Morgan fingerprint density at radius 1 is 1.17 bits per heavy atom. The molecule has 0 spiro atoms. The average Bonchev–Trinajstić information content (AvgIpc) is 3.25. The van der Waals surface area contributed by atoms with Gasteiger partial charge in [-0.15, -0.1) is 0 Å². The van der Waals surface area contributed by atoms with Gasteiger partial charge >= 0.3 is 5.97 Å². The van der Waals surface area contributed by atoms with Gasteiger partial charge in [0.25, 0.3) is 0 Å².